The van der Waals surface area contributed by atoms with E-state index in [0.717, 1.165) is 12.5 Å². The van der Waals surface area contributed by atoms with Gasteiger partial charge in [-0.3, -0.25) is 0 Å². The molecule has 0 amide bonds. The van der Waals surface area contributed by atoms with Crippen LogP contribution in [0.3, 0.4) is 0 Å². The fourth-order valence-electron chi connectivity index (χ4n) is 2.32. The van der Waals surface area contributed by atoms with Crippen LogP contribution in [0, 0.1) is 5.92 Å². The lowest BCUT2D eigenvalue weighted by Crippen LogP contribution is -2.40. The average Bonchev–Trinajstić information content (AvgIpc) is 2.60. The third-order valence-electron chi connectivity index (χ3n) is 3.33. The zero-order valence-electron chi connectivity index (χ0n) is 9.88. The zero-order chi connectivity index (χ0) is 10.4. The average molecular weight is 199 g/mol. The number of likely N-dealkylation sites (N-methyl/N-ethyl adjacent to an activating group) is 1. The van der Waals surface area contributed by atoms with Crippen molar-refractivity contribution in [3.05, 3.63) is 0 Å². The molecule has 1 saturated heterocycles. The standard InChI is InChI=1S/C12H25NO/c1-4-5-6-7-11(13-3)12-10(2)8-9-14-12/h10-13H,4-9H2,1-3H3. The van der Waals surface area contributed by atoms with Gasteiger partial charge in [-0.25, -0.2) is 0 Å². The lowest BCUT2D eigenvalue weighted by Gasteiger charge is -2.25. The summed E-state index contributed by atoms with van der Waals surface area (Å²) in [6, 6.07) is 0.569. The van der Waals surface area contributed by atoms with E-state index < -0.39 is 0 Å². The first kappa shape index (κ1) is 12.0. The topological polar surface area (TPSA) is 21.3 Å². The number of nitrogens with one attached hydrogen (secondary N) is 1. The van der Waals surface area contributed by atoms with Crippen molar-refractivity contribution in [3.8, 4) is 0 Å². The third kappa shape index (κ3) is 3.25. The van der Waals surface area contributed by atoms with Crippen LogP contribution in [0.2, 0.25) is 0 Å². The van der Waals surface area contributed by atoms with Crippen molar-refractivity contribution in [3.63, 3.8) is 0 Å². The number of unbranched alkanes of at least 4 members (excludes halogenated alkanes) is 2. The Hall–Kier alpha value is -0.0800. The van der Waals surface area contributed by atoms with Gasteiger partial charge in [-0.15, -0.1) is 0 Å². The molecule has 0 aromatic rings. The van der Waals surface area contributed by atoms with Crippen molar-refractivity contribution in [1.82, 2.24) is 5.32 Å². The Morgan fingerprint density at radius 2 is 2.21 bits per heavy atom. The molecule has 84 valence electrons. The van der Waals surface area contributed by atoms with E-state index in [4.69, 9.17) is 4.74 Å². The molecule has 0 radical (unpaired) electrons. The Balaban J connectivity index is 2.29. The van der Waals surface area contributed by atoms with Gasteiger partial charge in [0.2, 0.25) is 0 Å². The van der Waals surface area contributed by atoms with Crippen LogP contribution in [0.25, 0.3) is 0 Å². The molecule has 2 heteroatoms. The minimum absolute atomic E-state index is 0.455. The summed E-state index contributed by atoms with van der Waals surface area (Å²) in [5.41, 5.74) is 0. The highest BCUT2D eigenvalue weighted by Gasteiger charge is 2.30. The van der Waals surface area contributed by atoms with E-state index in [1.807, 2.05) is 0 Å². The molecule has 0 aliphatic carbocycles. The molecule has 1 aliphatic rings. The van der Waals surface area contributed by atoms with Gasteiger partial charge in [0, 0.05) is 12.6 Å². The van der Waals surface area contributed by atoms with E-state index in [1.54, 1.807) is 0 Å². The molecule has 3 atom stereocenters. The molecule has 1 fully saturated rings. The summed E-state index contributed by atoms with van der Waals surface area (Å²) >= 11 is 0. The van der Waals surface area contributed by atoms with Crippen LogP contribution in [-0.4, -0.2) is 25.8 Å². The highest BCUT2D eigenvalue weighted by molar-refractivity contribution is 4.83. The summed E-state index contributed by atoms with van der Waals surface area (Å²) in [7, 11) is 2.06. The normalized spacial score (nSPS) is 29.4. The van der Waals surface area contributed by atoms with Crippen molar-refractivity contribution in [2.24, 2.45) is 5.92 Å². The summed E-state index contributed by atoms with van der Waals surface area (Å²) in [5, 5.41) is 3.41. The second-order valence-electron chi connectivity index (χ2n) is 4.49. The largest absolute Gasteiger partial charge is 0.376 e. The zero-order valence-corrected chi connectivity index (χ0v) is 9.88. The van der Waals surface area contributed by atoms with E-state index in [0.29, 0.717) is 12.1 Å². The summed E-state index contributed by atoms with van der Waals surface area (Å²) < 4.78 is 5.79. The van der Waals surface area contributed by atoms with Gasteiger partial charge < -0.3 is 10.1 Å². The van der Waals surface area contributed by atoms with E-state index in [1.165, 1.54) is 32.1 Å². The molecule has 0 saturated carbocycles. The Morgan fingerprint density at radius 3 is 2.71 bits per heavy atom. The quantitative estimate of drug-likeness (QED) is 0.664. The molecular formula is C12H25NO. The van der Waals surface area contributed by atoms with E-state index in [-0.39, 0.29) is 0 Å². The second-order valence-corrected chi connectivity index (χ2v) is 4.49. The number of rotatable bonds is 6. The van der Waals surface area contributed by atoms with Gasteiger partial charge in [0.05, 0.1) is 6.10 Å². The van der Waals surface area contributed by atoms with Crippen LogP contribution < -0.4 is 5.32 Å². The van der Waals surface area contributed by atoms with Crippen molar-refractivity contribution >= 4 is 0 Å². The lowest BCUT2D eigenvalue weighted by molar-refractivity contribution is 0.0599. The summed E-state index contributed by atoms with van der Waals surface area (Å²) in [4.78, 5) is 0. The first-order valence-electron chi connectivity index (χ1n) is 6.08. The second kappa shape index (κ2) is 6.41. The lowest BCUT2D eigenvalue weighted by atomic mass is 9.94. The van der Waals surface area contributed by atoms with Crippen LogP contribution >= 0.6 is 0 Å². The van der Waals surface area contributed by atoms with Gasteiger partial charge >= 0.3 is 0 Å². The highest BCUT2D eigenvalue weighted by atomic mass is 16.5. The maximum absolute atomic E-state index is 5.79. The molecule has 1 heterocycles. The third-order valence-corrected chi connectivity index (χ3v) is 3.33. The Morgan fingerprint density at radius 1 is 1.43 bits per heavy atom. The van der Waals surface area contributed by atoms with Crippen LogP contribution in [0.1, 0.15) is 46.0 Å². The fraction of sp³-hybridized carbons (Fsp3) is 1.00. The van der Waals surface area contributed by atoms with E-state index >= 15 is 0 Å². The Kier molecular flexibility index (Phi) is 5.49. The van der Waals surface area contributed by atoms with Gasteiger partial charge in [-0.05, 0) is 25.8 Å². The minimum atomic E-state index is 0.455. The van der Waals surface area contributed by atoms with Gasteiger partial charge in [-0.2, -0.15) is 0 Å². The van der Waals surface area contributed by atoms with E-state index in [9.17, 15) is 0 Å². The maximum Gasteiger partial charge on any atom is 0.0754 e. The first-order chi connectivity index (χ1) is 6.79. The SMILES string of the molecule is CCCCCC(NC)C1OCCC1C. The molecule has 0 bridgehead atoms. The predicted octanol–water partition coefficient (Wildman–Crippen LogP) is 2.58. The fourth-order valence-corrected chi connectivity index (χ4v) is 2.32. The first-order valence-corrected chi connectivity index (χ1v) is 6.08. The van der Waals surface area contributed by atoms with Crippen LogP contribution in [0.4, 0.5) is 0 Å². The van der Waals surface area contributed by atoms with Crippen molar-refractivity contribution < 1.29 is 4.74 Å². The molecule has 1 rings (SSSR count). The molecular weight excluding hydrogens is 174 g/mol. The Labute approximate surface area is 88.4 Å². The van der Waals surface area contributed by atoms with Crippen LogP contribution in [-0.2, 0) is 4.74 Å². The smallest absolute Gasteiger partial charge is 0.0754 e. The molecule has 3 unspecified atom stereocenters. The molecule has 1 N–H and O–H groups in total. The van der Waals surface area contributed by atoms with Gasteiger partial charge in [0.1, 0.15) is 0 Å². The van der Waals surface area contributed by atoms with Crippen molar-refractivity contribution in [2.45, 2.75) is 58.1 Å². The summed E-state index contributed by atoms with van der Waals surface area (Å²) in [6.07, 6.45) is 6.93. The van der Waals surface area contributed by atoms with Crippen molar-refractivity contribution in [1.29, 1.82) is 0 Å². The van der Waals surface area contributed by atoms with Gasteiger partial charge in [-0.1, -0.05) is 33.1 Å². The summed E-state index contributed by atoms with van der Waals surface area (Å²) in [6.45, 7) is 5.52. The molecule has 0 aromatic carbocycles. The van der Waals surface area contributed by atoms with E-state index in [2.05, 4.69) is 26.2 Å². The summed E-state index contributed by atoms with van der Waals surface area (Å²) in [5.74, 6) is 0.731. The molecule has 0 aromatic heterocycles. The Bertz CT molecular complexity index is 149. The molecule has 1 aliphatic heterocycles. The molecule has 2 nitrogen and oxygen atoms in total. The van der Waals surface area contributed by atoms with Crippen LogP contribution in [0.15, 0.2) is 0 Å². The van der Waals surface area contributed by atoms with Gasteiger partial charge in [0.15, 0.2) is 0 Å². The predicted molar refractivity (Wildman–Crippen MR) is 60.5 cm³/mol. The van der Waals surface area contributed by atoms with Gasteiger partial charge in [0.25, 0.3) is 0 Å². The number of hydrogen-bond acceptors (Lipinski definition) is 2. The molecule has 0 spiro atoms. The number of ether oxygens (including phenoxy) is 1. The van der Waals surface area contributed by atoms with Crippen LogP contribution in [0.5, 0.6) is 0 Å². The number of hydrogen-bond donors (Lipinski definition) is 1. The highest BCUT2D eigenvalue weighted by Crippen LogP contribution is 2.25. The maximum atomic E-state index is 5.79. The van der Waals surface area contributed by atoms with Crippen molar-refractivity contribution in [2.75, 3.05) is 13.7 Å². The monoisotopic (exact) mass is 199 g/mol. The molecule has 14 heavy (non-hydrogen) atoms. The minimum Gasteiger partial charge on any atom is -0.376 e.